The quantitative estimate of drug-likeness (QED) is 0.863. The summed E-state index contributed by atoms with van der Waals surface area (Å²) in [4.78, 5) is 10.7. The Morgan fingerprint density at radius 1 is 1.29 bits per heavy atom. The van der Waals surface area contributed by atoms with Crippen LogP contribution in [0.25, 0.3) is 0 Å². The fourth-order valence-electron chi connectivity index (χ4n) is 2.41. The summed E-state index contributed by atoms with van der Waals surface area (Å²) in [5.74, 6) is 1.44. The van der Waals surface area contributed by atoms with E-state index < -0.39 is 6.10 Å². The van der Waals surface area contributed by atoms with Crippen LogP contribution in [0.5, 0.6) is 5.75 Å². The summed E-state index contributed by atoms with van der Waals surface area (Å²) in [6.07, 6.45) is 6.28. The number of β-amino-alcohol motifs (C(OH)–C–C–N with tert-alkyl or cyclic N) is 1. The lowest BCUT2D eigenvalue weighted by molar-refractivity contribution is 0.0736. The van der Waals surface area contributed by atoms with Crippen LogP contribution in [0, 0.1) is 6.92 Å². The van der Waals surface area contributed by atoms with Gasteiger partial charge < -0.3 is 9.84 Å². The summed E-state index contributed by atoms with van der Waals surface area (Å²) >= 11 is 0. The molecular formula is C14H19N5O2. The number of rotatable bonds is 4. The van der Waals surface area contributed by atoms with Crippen LogP contribution in [-0.4, -0.2) is 55.1 Å². The molecule has 7 heteroatoms. The van der Waals surface area contributed by atoms with Crippen molar-refractivity contribution in [3.63, 3.8) is 0 Å². The largest absolute Gasteiger partial charge is 0.483 e. The highest BCUT2D eigenvalue weighted by Gasteiger charge is 2.33. The normalized spacial score (nSPS) is 22.6. The third-order valence-corrected chi connectivity index (χ3v) is 3.48. The number of aliphatic hydroxyl groups is 1. The fourth-order valence-corrected chi connectivity index (χ4v) is 2.41. The molecule has 0 spiro atoms. The van der Waals surface area contributed by atoms with Crippen LogP contribution < -0.4 is 4.74 Å². The van der Waals surface area contributed by atoms with Crippen molar-refractivity contribution in [3.05, 3.63) is 36.2 Å². The van der Waals surface area contributed by atoms with E-state index in [1.54, 1.807) is 29.5 Å². The molecule has 1 aliphatic rings. The number of hydrogen-bond acceptors (Lipinski definition) is 6. The third-order valence-electron chi connectivity index (χ3n) is 3.48. The van der Waals surface area contributed by atoms with E-state index in [0.29, 0.717) is 25.4 Å². The number of nitrogens with zero attached hydrogens (tertiary/aromatic N) is 5. The van der Waals surface area contributed by atoms with Gasteiger partial charge in [0.15, 0.2) is 5.75 Å². The molecule has 0 amide bonds. The van der Waals surface area contributed by atoms with Crippen molar-refractivity contribution in [2.45, 2.75) is 25.7 Å². The zero-order valence-electron chi connectivity index (χ0n) is 12.2. The molecule has 0 aromatic carbocycles. The molecule has 3 rings (SSSR count). The molecule has 2 atom stereocenters. The molecule has 21 heavy (non-hydrogen) atoms. The summed E-state index contributed by atoms with van der Waals surface area (Å²) in [6, 6.07) is 0. The van der Waals surface area contributed by atoms with Gasteiger partial charge in [0, 0.05) is 32.5 Å². The first kappa shape index (κ1) is 14.0. The Morgan fingerprint density at radius 2 is 2.05 bits per heavy atom. The minimum absolute atomic E-state index is 0.250. The standard InChI is InChI=1S/C14H19N5O2/c1-10-3-15-14(16-4-10)9-19-7-12(20)13(8-19)21-11-5-17-18(2)6-11/h3-6,12-13,20H,7-9H2,1-2H3/t12-,13-/m1/s1. The molecule has 2 aromatic rings. The second-order valence-electron chi connectivity index (χ2n) is 5.44. The van der Waals surface area contributed by atoms with Gasteiger partial charge in [0.25, 0.3) is 0 Å². The van der Waals surface area contributed by atoms with E-state index in [0.717, 1.165) is 11.4 Å². The van der Waals surface area contributed by atoms with Crippen molar-refractivity contribution in [2.24, 2.45) is 7.05 Å². The van der Waals surface area contributed by atoms with Crippen molar-refractivity contribution in [1.29, 1.82) is 0 Å². The van der Waals surface area contributed by atoms with Crippen LogP contribution in [0.1, 0.15) is 11.4 Å². The van der Waals surface area contributed by atoms with Crippen LogP contribution >= 0.6 is 0 Å². The number of hydrogen-bond donors (Lipinski definition) is 1. The van der Waals surface area contributed by atoms with Gasteiger partial charge in [-0.05, 0) is 12.5 Å². The second-order valence-corrected chi connectivity index (χ2v) is 5.44. The zero-order chi connectivity index (χ0) is 14.8. The van der Waals surface area contributed by atoms with Crippen LogP contribution in [-0.2, 0) is 13.6 Å². The maximum absolute atomic E-state index is 10.1. The number of likely N-dealkylation sites (tertiary alicyclic amines) is 1. The van der Waals surface area contributed by atoms with Gasteiger partial charge in [0.1, 0.15) is 18.0 Å². The second kappa shape index (κ2) is 5.79. The van der Waals surface area contributed by atoms with Gasteiger partial charge in [-0.25, -0.2) is 9.97 Å². The van der Waals surface area contributed by atoms with Gasteiger partial charge in [-0.15, -0.1) is 0 Å². The lowest BCUT2D eigenvalue weighted by atomic mass is 10.3. The number of aromatic nitrogens is 4. The highest BCUT2D eigenvalue weighted by Crippen LogP contribution is 2.19. The van der Waals surface area contributed by atoms with Crippen molar-refractivity contribution < 1.29 is 9.84 Å². The molecular weight excluding hydrogens is 270 g/mol. The van der Waals surface area contributed by atoms with E-state index in [-0.39, 0.29) is 6.10 Å². The van der Waals surface area contributed by atoms with E-state index in [4.69, 9.17) is 4.74 Å². The van der Waals surface area contributed by atoms with Crippen LogP contribution in [0.15, 0.2) is 24.8 Å². The average Bonchev–Trinajstić information content (AvgIpc) is 3.00. The maximum Gasteiger partial charge on any atom is 0.157 e. The predicted octanol–water partition coefficient (Wildman–Crippen LogP) is 0.143. The summed E-state index contributed by atoms with van der Waals surface area (Å²) in [5, 5.41) is 14.2. The van der Waals surface area contributed by atoms with Crippen LogP contribution in [0.3, 0.4) is 0 Å². The lowest BCUT2D eigenvalue weighted by Gasteiger charge is -2.15. The van der Waals surface area contributed by atoms with Crippen molar-refractivity contribution in [1.82, 2.24) is 24.6 Å². The number of aliphatic hydroxyl groups excluding tert-OH is 1. The lowest BCUT2D eigenvalue weighted by Crippen LogP contribution is -2.29. The molecule has 1 fully saturated rings. The van der Waals surface area contributed by atoms with Crippen molar-refractivity contribution >= 4 is 0 Å². The smallest absolute Gasteiger partial charge is 0.157 e. The molecule has 0 bridgehead atoms. The molecule has 3 heterocycles. The first-order valence-corrected chi connectivity index (χ1v) is 6.93. The van der Waals surface area contributed by atoms with Gasteiger partial charge in [-0.3, -0.25) is 9.58 Å². The molecule has 0 radical (unpaired) electrons. The molecule has 112 valence electrons. The highest BCUT2D eigenvalue weighted by molar-refractivity contribution is 5.13. The van der Waals surface area contributed by atoms with Gasteiger partial charge in [0.2, 0.25) is 0 Å². The molecule has 7 nitrogen and oxygen atoms in total. The van der Waals surface area contributed by atoms with Crippen LogP contribution in [0.2, 0.25) is 0 Å². The Morgan fingerprint density at radius 3 is 2.71 bits per heavy atom. The summed E-state index contributed by atoms with van der Waals surface area (Å²) in [6.45, 7) is 3.78. The predicted molar refractivity (Wildman–Crippen MR) is 75.7 cm³/mol. The van der Waals surface area contributed by atoms with Crippen LogP contribution in [0.4, 0.5) is 0 Å². The van der Waals surface area contributed by atoms with E-state index in [1.165, 1.54) is 0 Å². The highest BCUT2D eigenvalue weighted by atomic mass is 16.5. The SMILES string of the molecule is Cc1cnc(CN2C[C@@H](O)[C@H](Oc3cnn(C)c3)C2)nc1. The number of ether oxygens (including phenoxy) is 1. The third kappa shape index (κ3) is 3.37. The zero-order valence-corrected chi connectivity index (χ0v) is 12.2. The Kier molecular flexibility index (Phi) is 3.85. The summed E-state index contributed by atoms with van der Waals surface area (Å²) in [5.41, 5.74) is 1.04. The molecule has 1 saturated heterocycles. The molecule has 1 N–H and O–H groups in total. The van der Waals surface area contributed by atoms with E-state index >= 15 is 0 Å². The minimum atomic E-state index is -0.518. The average molecular weight is 289 g/mol. The van der Waals surface area contributed by atoms with Crippen molar-refractivity contribution in [3.8, 4) is 5.75 Å². The first-order chi connectivity index (χ1) is 10.1. The topological polar surface area (TPSA) is 76.3 Å². The monoisotopic (exact) mass is 289 g/mol. The molecule has 0 unspecified atom stereocenters. The maximum atomic E-state index is 10.1. The summed E-state index contributed by atoms with van der Waals surface area (Å²) < 4.78 is 7.45. The Hall–Kier alpha value is -1.99. The van der Waals surface area contributed by atoms with Crippen molar-refractivity contribution in [2.75, 3.05) is 13.1 Å². The molecule has 2 aromatic heterocycles. The Bertz CT molecular complexity index is 598. The number of aryl methyl sites for hydroxylation is 2. The van der Waals surface area contributed by atoms with E-state index in [2.05, 4.69) is 20.0 Å². The Balaban J connectivity index is 1.59. The Labute approximate surface area is 123 Å². The van der Waals surface area contributed by atoms with Gasteiger partial charge in [-0.1, -0.05) is 0 Å². The molecule has 0 aliphatic carbocycles. The summed E-state index contributed by atoms with van der Waals surface area (Å²) in [7, 11) is 1.83. The van der Waals surface area contributed by atoms with Gasteiger partial charge >= 0.3 is 0 Å². The van der Waals surface area contributed by atoms with E-state index in [9.17, 15) is 5.11 Å². The molecule has 0 saturated carbocycles. The fraction of sp³-hybridized carbons (Fsp3) is 0.500. The van der Waals surface area contributed by atoms with Gasteiger partial charge in [0.05, 0.1) is 18.9 Å². The first-order valence-electron chi connectivity index (χ1n) is 6.93. The van der Waals surface area contributed by atoms with Gasteiger partial charge in [-0.2, -0.15) is 5.10 Å². The molecule has 1 aliphatic heterocycles. The van der Waals surface area contributed by atoms with E-state index in [1.807, 2.05) is 14.0 Å². The minimum Gasteiger partial charge on any atom is -0.483 e.